The highest BCUT2D eigenvalue weighted by Crippen LogP contribution is 2.35. The number of carboxylic acids is 1. The normalized spacial score (nSPS) is 18.4. The summed E-state index contributed by atoms with van der Waals surface area (Å²) in [6.45, 7) is 0.612. The highest BCUT2D eigenvalue weighted by atomic mass is 16.4. The van der Waals surface area contributed by atoms with E-state index in [2.05, 4.69) is 17.1 Å². The van der Waals surface area contributed by atoms with Gasteiger partial charge < -0.3 is 10.0 Å². The summed E-state index contributed by atoms with van der Waals surface area (Å²) in [4.78, 5) is 35.5. The number of likely N-dealkylation sites (tertiary alicyclic amines) is 1. The number of aryl methyl sites for hydroxylation is 3. The van der Waals surface area contributed by atoms with Crippen molar-refractivity contribution in [1.29, 1.82) is 0 Å². The maximum Gasteiger partial charge on any atom is 0.305 e. The number of aliphatic carboxylic acids is 1. The Labute approximate surface area is 200 Å². The van der Waals surface area contributed by atoms with Crippen molar-refractivity contribution in [2.24, 2.45) is 5.92 Å². The van der Waals surface area contributed by atoms with Crippen molar-refractivity contribution in [1.82, 2.24) is 14.9 Å². The van der Waals surface area contributed by atoms with Gasteiger partial charge >= 0.3 is 5.97 Å². The molecule has 5 rings (SSSR count). The molecule has 3 heterocycles. The Bertz CT molecular complexity index is 1210. The lowest BCUT2D eigenvalue weighted by Crippen LogP contribution is -2.54. The van der Waals surface area contributed by atoms with E-state index in [1.165, 1.54) is 24.1 Å². The number of nitrogens with zero attached hydrogens (tertiary/aromatic N) is 3. The number of benzene rings is 1. The van der Waals surface area contributed by atoms with Crippen molar-refractivity contribution in [2.45, 2.75) is 63.8 Å². The number of fused-ring (bicyclic) bond motifs is 2. The van der Waals surface area contributed by atoms with E-state index in [1.54, 1.807) is 11.1 Å². The van der Waals surface area contributed by atoms with Crippen LogP contribution in [-0.2, 0) is 28.9 Å². The van der Waals surface area contributed by atoms with E-state index in [9.17, 15) is 14.7 Å². The standard InChI is InChI=1S/C28H31N3O3/c32-27(33)16-26(22-15-20-8-3-5-11-24(20)29-17-22)31-18-21(28(31)34)9-1-4-10-23-14-13-19-7-2-6-12-25(19)30-23/h3,5,8,11,13-15,17,21,26H,1-2,4,6-7,9-10,12,16,18H2,(H,32,33)/t21?,26-/m0/s1. The number of β-lactam (4-membered cyclic amide) rings is 1. The molecule has 0 spiro atoms. The quantitative estimate of drug-likeness (QED) is 0.365. The fraction of sp³-hybridized carbons (Fsp3) is 0.429. The van der Waals surface area contributed by atoms with Gasteiger partial charge in [-0.25, -0.2) is 0 Å². The number of hydrogen-bond acceptors (Lipinski definition) is 4. The van der Waals surface area contributed by atoms with Gasteiger partial charge in [0, 0.05) is 29.5 Å². The van der Waals surface area contributed by atoms with Crippen LogP contribution in [0, 0.1) is 5.92 Å². The molecule has 6 nitrogen and oxygen atoms in total. The molecule has 1 aliphatic heterocycles. The number of rotatable bonds is 9. The zero-order valence-electron chi connectivity index (χ0n) is 19.4. The largest absolute Gasteiger partial charge is 0.481 e. The lowest BCUT2D eigenvalue weighted by molar-refractivity contribution is -0.154. The molecule has 6 heteroatoms. The summed E-state index contributed by atoms with van der Waals surface area (Å²) in [5.74, 6) is -0.862. The molecular weight excluding hydrogens is 426 g/mol. The van der Waals surface area contributed by atoms with Gasteiger partial charge in [0.15, 0.2) is 0 Å². The maximum absolute atomic E-state index is 12.9. The Hall–Kier alpha value is -3.28. The molecule has 3 aromatic rings. The average molecular weight is 458 g/mol. The van der Waals surface area contributed by atoms with Gasteiger partial charge in [0.1, 0.15) is 0 Å². The van der Waals surface area contributed by atoms with Crippen LogP contribution >= 0.6 is 0 Å². The lowest BCUT2D eigenvalue weighted by Gasteiger charge is -2.43. The highest BCUT2D eigenvalue weighted by Gasteiger charge is 2.41. The Morgan fingerprint density at radius 3 is 2.82 bits per heavy atom. The number of carboxylic acid groups (broad SMARTS) is 1. The van der Waals surface area contributed by atoms with Crippen LogP contribution in [0.25, 0.3) is 10.9 Å². The van der Waals surface area contributed by atoms with Gasteiger partial charge in [-0.1, -0.05) is 30.7 Å². The number of carbonyl (C=O) groups is 2. The first-order chi connectivity index (χ1) is 16.6. The number of carbonyl (C=O) groups excluding carboxylic acids is 1. The second-order valence-corrected chi connectivity index (χ2v) is 9.62. The van der Waals surface area contributed by atoms with Crippen molar-refractivity contribution in [3.63, 3.8) is 0 Å². The van der Waals surface area contributed by atoms with E-state index in [0.29, 0.717) is 6.54 Å². The highest BCUT2D eigenvalue weighted by molar-refractivity contribution is 5.86. The third-order valence-electron chi connectivity index (χ3n) is 7.26. The van der Waals surface area contributed by atoms with E-state index in [0.717, 1.165) is 60.7 Å². The average Bonchev–Trinajstić information content (AvgIpc) is 2.86. The number of pyridine rings is 2. The predicted octanol–water partition coefficient (Wildman–Crippen LogP) is 4.90. The number of amides is 1. The first-order valence-corrected chi connectivity index (χ1v) is 12.4. The molecule has 1 N–H and O–H groups in total. The second kappa shape index (κ2) is 9.92. The third-order valence-corrected chi connectivity index (χ3v) is 7.26. The lowest BCUT2D eigenvalue weighted by atomic mass is 9.88. The molecule has 0 saturated carbocycles. The van der Waals surface area contributed by atoms with Crippen molar-refractivity contribution in [3.05, 3.63) is 71.2 Å². The predicted molar refractivity (Wildman–Crippen MR) is 130 cm³/mol. The Morgan fingerprint density at radius 1 is 1.12 bits per heavy atom. The van der Waals surface area contributed by atoms with Crippen LogP contribution in [0.3, 0.4) is 0 Å². The molecule has 0 bridgehead atoms. The minimum absolute atomic E-state index is 0.0128. The van der Waals surface area contributed by atoms with Crippen LogP contribution in [-0.4, -0.2) is 38.4 Å². The summed E-state index contributed by atoms with van der Waals surface area (Å²) >= 11 is 0. The number of hydrogen-bond donors (Lipinski definition) is 1. The summed E-state index contributed by atoms with van der Waals surface area (Å²) in [7, 11) is 0. The topological polar surface area (TPSA) is 83.4 Å². The van der Waals surface area contributed by atoms with Gasteiger partial charge in [-0.05, 0) is 74.3 Å². The molecule has 2 aliphatic rings. The third kappa shape index (κ3) is 4.81. The van der Waals surface area contributed by atoms with Crippen molar-refractivity contribution in [2.75, 3.05) is 6.54 Å². The molecule has 1 fully saturated rings. The minimum Gasteiger partial charge on any atom is -0.481 e. The molecule has 176 valence electrons. The summed E-state index contributed by atoms with van der Waals surface area (Å²) in [6, 6.07) is 13.6. The van der Waals surface area contributed by atoms with Crippen molar-refractivity contribution < 1.29 is 14.7 Å². The first-order valence-electron chi connectivity index (χ1n) is 12.4. The smallest absolute Gasteiger partial charge is 0.305 e. The molecule has 34 heavy (non-hydrogen) atoms. The fourth-order valence-corrected chi connectivity index (χ4v) is 5.33. The van der Waals surface area contributed by atoms with Gasteiger partial charge in [0.25, 0.3) is 0 Å². The summed E-state index contributed by atoms with van der Waals surface area (Å²) in [6.07, 6.45) is 10.1. The van der Waals surface area contributed by atoms with Crippen LogP contribution in [0.15, 0.2) is 48.7 Å². The van der Waals surface area contributed by atoms with Crippen LogP contribution in [0.1, 0.15) is 67.1 Å². The van der Waals surface area contributed by atoms with Crippen LogP contribution in [0.2, 0.25) is 0 Å². The van der Waals surface area contributed by atoms with Crippen LogP contribution < -0.4 is 0 Å². The van der Waals surface area contributed by atoms with E-state index in [1.807, 2.05) is 30.3 Å². The fourth-order valence-electron chi connectivity index (χ4n) is 5.33. The molecular formula is C28H31N3O3. The van der Waals surface area contributed by atoms with Gasteiger partial charge in [0.05, 0.1) is 23.9 Å². The van der Waals surface area contributed by atoms with Gasteiger partial charge in [-0.3, -0.25) is 19.6 Å². The van der Waals surface area contributed by atoms with E-state index in [4.69, 9.17) is 4.98 Å². The molecule has 1 unspecified atom stereocenters. The second-order valence-electron chi connectivity index (χ2n) is 9.62. The SMILES string of the molecule is O=C(O)C[C@@H](c1cnc2ccccc2c1)N1CC(CCCCc2ccc3c(n2)CCCC3)C1=O. The Morgan fingerprint density at radius 2 is 1.97 bits per heavy atom. The number of unbranched alkanes of at least 4 members (excludes halogenated alkanes) is 1. The van der Waals surface area contributed by atoms with E-state index >= 15 is 0 Å². The van der Waals surface area contributed by atoms with Crippen molar-refractivity contribution in [3.8, 4) is 0 Å². The zero-order chi connectivity index (χ0) is 23.5. The molecule has 2 aromatic heterocycles. The summed E-state index contributed by atoms with van der Waals surface area (Å²) in [5.41, 5.74) is 5.49. The molecule has 1 aromatic carbocycles. The molecule has 1 aliphatic carbocycles. The summed E-state index contributed by atoms with van der Waals surface area (Å²) < 4.78 is 0. The maximum atomic E-state index is 12.9. The number of aromatic nitrogens is 2. The monoisotopic (exact) mass is 457 g/mol. The van der Waals surface area contributed by atoms with E-state index < -0.39 is 12.0 Å². The van der Waals surface area contributed by atoms with E-state index in [-0.39, 0.29) is 18.2 Å². The number of para-hydroxylation sites is 1. The Balaban J connectivity index is 1.16. The first kappa shape index (κ1) is 22.5. The molecule has 1 amide bonds. The van der Waals surface area contributed by atoms with Crippen LogP contribution in [0.4, 0.5) is 0 Å². The summed E-state index contributed by atoms with van der Waals surface area (Å²) in [5, 5.41) is 10.4. The van der Waals surface area contributed by atoms with Gasteiger partial charge in [0.2, 0.25) is 5.91 Å². The van der Waals surface area contributed by atoms with Gasteiger partial charge in [-0.2, -0.15) is 0 Å². The van der Waals surface area contributed by atoms with Crippen molar-refractivity contribution >= 4 is 22.8 Å². The Kier molecular flexibility index (Phi) is 6.57. The zero-order valence-corrected chi connectivity index (χ0v) is 19.4. The minimum atomic E-state index is -0.910. The molecule has 2 atom stereocenters. The van der Waals surface area contributed by atoms with Gasteiger partial charge in [-0.15, -0.1) is 0 Å². The molecule has 1 saturated heterocycles. The molecule has 0 radical (unpaired) electrons. The van der Waals surface area contributed by atoms with Crippen LogP contribution in [0.5, 0.6) is 0 Å².